The highest BCUT2D eigenvalue weighted by molar-refractivity contribution is 7.89. The highest BCUT2D eigenvalue weighted by Crippen LogP contribution is 2.24. The molecular weight excluding hydrogens is 380 g/mol. The van der Waals surface area contributed by atoms with E-state index in [-0.39, 0.29) is 10.5 Å². The molecule has 0 saturated heterocycles. The first-order valence-corrected chi connectivity index (χ1v) is 10.4. The van der Waals surface area contributed by atoms with Gasteiger partial charge in [0.2, 0.25) is 10.0 Å². The van der Waals surface area contributed by atoms with Crippen molar-refractivity contribution in [2.24, 2.45) is 0 Å². The van der Waals surface area contributed by atoms with Crippen LogP contribution < -0.4 is 10.3 Å². The summed E-state index contributed by atoms with van der Waals surface area (Å²) in [5.74, 6) is 0.472. The normalized spacial score (nSPS) is 11.7. The van der Waals surface area contributed by atoms with Crippen LogP contribution in [0.4, 0.5) is 0 Å². The first-order valence-electron chi connectivity index (χ1n) is 8.89. The molecule has 0 bridgehead atoms. The molecule has 2 heterocycles. The summed E-state index contributed by atoms with van der Waals surface area (Å²) in [4.78, 5) is 12.5. The molecule has 1 N–H and O–H groups in total. The summed E-state index contributed by atoms with van der Waals surface area (Å²) in [6.45, 7) is 7.42. The summed E-state index contributed by atoms with van der Waals surface area (Å²) < 4.78 is 34.1. The van der Waals surface area contributed by atoms with E-state index in [1.165, 1.54) is 10.7 Å². The van der Waals surface area contributed by atoms with Gasteiger partial charge in [-0.1, -0.05) is 24.2 Å². The molecule has 3 rings (SSSR count). The van der Waals surface area contributed by atoms with E-state index in [1.54, 1.807) is 45.0 Å². The van der Waals surface area contributed by atoms with Crippen molar-refractivity contribution in [2.45, 2.75) is 39.0 Å². The van der Waals surface area contributed by atoms with Gasteiger partial charge in [0.15, 0.2) is 5.76 Å². The predicted octanol–water partition coefficient (Wildman–Crippen LogP) is 2.50. The third-order valence-electron chi connectivity index (χ3n) is 4.32. The van der Waals surface area contributed by atoms with Gasteiger partial charge in [-0.25, -0.2) is 13.1 Å². The molecule has 0 saturated carbocycles. The third kappa shape index (κ3) is 3.76. The molecule has 1 aromatic carbocycles. The van der Waals surface area contributed by atoms with E-state index in [0.717, 1.165) is 0 Å². The van der Waals surface area contributed by atoms with Gasteiger partial charge in [-0.05, 0) is 44.9 Å². The van der Waals surface area contributed by atoms with E-state index in [2.05, 4.69) is 15.0 Å². The fourth-order valence-electron chi connectivity index (χ4n) is 2.87. The maximum Gasteiger partial charge on any atom is 0.271 e. The number of aryl methyl sites for hydroxylation is 3. The molecule has 9 heteroatoms. The van der Waals surface area contributed by atoms with Crippen LogP contribution in [-0.2, 0) is 10.0 Å². The second kappa shape index (κ2) is 7.69. The SMILES string of the molecule is CCCNS(=O)(=O)c1cc(-c2ccc(=O)n(-c3c(C)noc3C)n2)ccc1C. The second-order valence-electron chi connectivity index (χ2n) is 6.52. The lowest BCUT2D eigenvalue weighted by atomic mass is 10.1. The molecule has 0 amide bonds. The lowest BCUT2D eigenvalue weighted by Crippen LogP contribution is -2.25. The molecular formula is C19H22N4O4S. The molecule has 8 nitrogen and oxygen atoms in total. The third-order valence-corrected chi connectivity index (χ3v) is 5.93. The lowest BCUT2D eigenvalue weighted by molar-refractivity contribution is 0.392. The quantitative estimate of drug-likeness (QED) is 0.679. The number of aromatic nitrogens is 3. The van der Waals surface area contributed by atoms with E-state index < -0.39 is 10.0 Å². The molecule has 0 aliphatic heterocycles. The van der Waals surface area contributed by atoms with Crippen molar-refractivity contribution >= 4 is 10.0 Å². The van der Waals surface area contributed by atoms with Gasteiger partial charge < -0.3 is 4.52 Å². The molecule has 0 fully saturated rings. The molecule has 148 valence electrons. The van der Waals surface area contributed by atoms with Crippen LogP contribution >= 0.6 is 0 Å². The maximum absolute atomic E-state index is 12.6. The second-order valence-corrected chi connectivity index (χ2v) is 8.25. The predicted molar refractivity (Wildman–Crippen MR) is 105 cm³/mol. The van der Waals surface area contributed by atoms with E-state index in [4.69, 9.17) is 4.52 Å². The Kier molecular flexibility index (Phi) is 5.48. The van der Waals surface area contributed by atoms with Crippen LogP contribution in [0.15, 0.2) is 44.5 Å². The molecule has 0 unspecified atom stereocenters. The van der Waals surface area contributed by atoms with Crippen LogP contribution in [0.5, 0.6) is 0 Å². The zero-order chi connectivity index (χ0) is 20.5. The number of hydrogen-bond donors (Lipinski definition) is 1. The van der Waals surface area contributed by atoms with Crippen LogP contribution in [0.2, 0.25) is 0 Å². The van der Waals surface area contributed by atoms with Crippen molar-refractivity contribution in [3.8, 4) is 16.9 Å². The van der Waals surface area contributed by atoms with Gasteiger partial charge in [0, 0.05) is 18.2 Å². The Bertz CT molecular complexity index is 1160. The van der Waals surface area contributed by atoms with Gasteiger partial charge in [-0.2, -0.15) is 9.78 Å². The van der Waals surface area contributed by atoms with E-state index in [0.29, 0.717) is 46.9 Å². The zero-order valence-corrected chi connectivity index (χ0v) is 17.0. The number of nitrogens with zero attached hydrogens (tertiary/aromatic N) is 3. The molecule has 0 spiro atoms. The van der Waals surface area contributed by atoms with Crippen molar-refractivity contribution in [1.29, 1.82) is 0 Å². The standard InChI is InChI=1S/C19H22N4O4S/c1-5-10-20-28(25,26)17-11-15(7-6-12(17)2)16-8-9-18(24)23(21-16)19-13(3)22-27-14(19)4/h6-9,11,20H,5,10H2,1-4H3. The van der Waals surface area contributed by atoms with Crippen LogP contribution in [-0.4, -0.2) is 29.9 Å². The Labute approximate surface area is 163 Å². The minimum Gasteiger partial charge on any atom is -0.359 e. The Morgan fingerprint density at radius 2 is 1.89 bits per heavy atom. The van der Waals surface area contributed by atoms with E-state index in [1.807, 2.05) is 6.92 Å². The van der Waals surface area contributed by atoms with Crippen LogP contribution in [0.25, 0.3) is 16.9 Å². The lowest BCUT2D eigenvalue weighted by Gasteiger charge is -2.11. The van der Waals surface area contributed by atoms with E-state index in [9.17, 15) is 13.2 Å². The summed E-state index contributed by atoms with van der Waals surface area (Å²) in [7, 11) is -3.63. The van der Waals surface area contributed by atoms with Crippen molar-refractivity contribution in [1.82, 2.24) is 19.7 Å². The minimum atomic E-state index is -3.63. The van der Waals surface area contributed by atoms with Crippen molar-refractivity contribution in [3.05, 3.63) is 57.7 Å². The number of rotatable bonds is 6. The number of hydrogen-bond acceptors (Lipinski definition) is 6. The Morgan fingerprint density at radius 1 is 1.14 bits per heavy atom. The molecule has 3 aromatic rings. The summed E-state index contributed by atoms with van der Waals surface area (Å²) in [6, 6.07) is 8.02. The molecule has 0 radical (unpaired) electrons. The number of benzene rings is 1. The van der Waals surface area contributed by atoms with Gasteiger partial charge in [-0.3, -0.25) is 4.79 Å². The van der Waals surface area contributed by atoms with Crippen LogP contribution in [0.3, 0.4) is 0 Å². The van der Waals surface area contributed by atoms with Crippen LogP contribution in [0, 0.1) is 20.8 Å². The minimum absolute atomic E-state index is 0.190. The maximum atomic E-state index is 12.6. The van der Waals surface area contributed by atoms with Gasteiger partial charge in [0.25, 0.3) is 5.56 Å². The average molecular weight is 402 g/mol. The van der Waals surface area contributed by atoms with Gasteiger partial charge in [0.1, 0.15) is 11.4 Å². The summed E-state index contributed by atoms with van der Waals surface area (Å²) in [5, 5.41) is 8.27. The molecule has 28 heavy (non-hydrogen) atoms. The number of nitrogens with one attached hydrogen (secondary N) is 1. The molecule has 0 aliphatic carbocycles. The van der Waals surface area contributed by atoms with Gasteiger partial charge in [-0.15, -0.1) is 0 Å². The van der Waals surface area contributed by atoms with E-state index >= 15 is 0 Å². The smallest absolute Gasteiger partial charge is 0.271 e. The highest BCUT2D eigenvalue weighted by Gasteiger charge is 2.19. The average Bonchev–Trinajstić information content (AvgIpc) is 2.99. The molecule has 2 aromatic heterocycles. The zero-order valence-electron chi connectivity index (χ0n) is 16.2. The van der Waals surface area contributed by atoms with Gasteiger partial charge in [0.05, 0.1) is 10.6 Å². The fraction of sp³-hybridized carbons (Fsp3) is 0.316. The largest absolute Gasteiger partial charge is 0.359 e. The Morgan fingerprint density at radius 3 is 2.54 bits per heavy atom. The van der Waals surface area contributed by atoms with Crippen molar-refractivity contribution in [2.75, 3.05) is 6.54 Å². The Hall–Kier alpha value is -2.78. The summed E-state index contributed by atoms with van der Waals surface area (Å²) >= 11 is 0. The summed E-state index contributed by atoms with van der Waals surface area (Å²) in [5.41, 5.74) is 2.38. The fourth-order valence-corrected chi connectivity index (χ4v) is 4.27. The van der Waals surface area contributed by atoms with Crippen molar-refractivity contribution in [3.63, 3.8) is 0 Å². The molecule has 0 aliphatic rings. The van der Waals surface area contributed by atoms with Gasteiger partial charge >= 0.3 is 0 Å². The highest BCUT2D eigenvalue weighted by atomic mass is 32.2. The number of sulfonamides is 1. The van der Waals surface area contributed by atoms with Crippen LogP contribution in [0.1, 0.15) is 30.4 Å². The summed E-state index contributed by atoms with van der Waals surface area (Å²) in [6.07, 6.45) is 0.696. The molecule has 0 atom stereocenters. The monoisotopic (exact) mass is 402 g/mol. The first-order chi connectivity index (χ1) is 13.2. The Balaban J connectivity index is 2.12. The van der Waals surface area contributed by atoms with Crippen molar-refractivity contribution < 1.29 is 12.9 Å². The topological polar surface area (TPSA) is 107 Å². The first kappa shape index (κ1) is 20.0.